The number of aryl methyl sites for hydroxylation is 1. The number of aromatic amines is 1. The van der Waals surface area contributed by atoms with Gasteiger partial charge in [-0.1, -0.05) is 173 Å². The molecule has 0 saturated carbocycles. The summed E-state index contributed by atoms with van der Waals surface area (Å²) in [4.78, 5) is 99.3. The summed E-state index contributed by atoms with van der Waals surface area (Å²) in [5.41, 5.74) is 7.46. The van der Waals surface area contributed by atoms with Crippen LogP contribution in [0.3, 0.4) is 0 Å². The number of rotatable bonds is 49. The number of unbranched alkanes of at least 4 members (excludes halogenated alkanes) is 24. The number of aromatic nitrogens is 2. The second kappa shape index (κ2) is 41.3. The molecule has 2 heterocycles. The van der Waals surface area contributed by atoms with E-state index in [1.54, 1.807) is 0 Å². The molecule has 4 unspecified atom stereocenters. The Morgan fingerprint density at radius 1 is 0.707 bits per heavy atom. The Balaban J connectivity index is 1.82. The highest BCUT2D eigenvalue weighted by Crippen LogP contribution is 2.79. The fourth-order valence-electron chi connectivity index (χ4n) is 8.71. The maximum Gasteiger partial charge on any atom is 0.444 e. The van der Waals surface area contributed by atoms with Crippen LogP contribution in [0.2, 0.25) is 0 Å². The van der Waals surface area contributed by atoms with Gasteiger partial charge in [-0.15, -0.1) is 0 Å². The molecule has 1 aromatic heterocycles. The third-order valence-electron chi connectivity index (χ3n) is 13.5. The van der Waals surface area contributed by atoms with Crippen LogP contribution in [0.5, 0.6) is 0 Å². The number of carbonyl (C=O) groups excluding carboxylic acids is 4. The summed E-state index contributed by atoms with van der Waals surface area (Å²) >= 11 is 0. The van der Waals surface area contributed by atoms with Gasteiger partial charge in [-0.2, -0.15) is 8.78 Å². The quantitative estimate of drug-likeness (QED) is 0.00797. The molecule has 82 heavy (non-hydrogen) atoms. The first-order valence-corrected chi connectivity index (χ1v) is 33.9. The molecular weight excluding hydrogens is 1140 g/mol. The second-order valence-electron chi connectivity index (χ2n) is 20.6. The highest BCUT2D eigenvalue weighted by Gasteiger charge is 2.68. The molecule has 0 bridgehead atoms. The van der Waals surface area contributed by atoms with E-state index in [1.165, 1.54) is 110 Å². The zero-order valence-electron chi connectivity index (χ0n) is 48.1. The minimum atomic E-state index is -6.85. The molecule has 0 aromatic carbocycles. The van der Waals surface area contributed by atoms with Crippen molar-refractivity contribution in [3.05, 3.63) is 43.0 Å². The highest BCUT2D eigenvalue weighted by molar-refractivity contribution is 7.86. The van der Waals surface area contributed by atoms with E-state index >= 15 is 8.78 Å². The van der Waals surface area contributed by atoms with Crippen LogP contribution in [0.1, 0.15) is 225 Å². The number of azide groups is 1. The minimum Gasteiger partial charge on any atom is -0.463 e. The molecule has 7 atom stereocenters. The van der Waals surface area contributed by atoms with E-state index in [0.29, 0.717) is 12.8 Å². The second-order valence-corrected chi connectivity index (χ2v) is 26.4. The van der Waals surface area contributed by atoms with Crippen LogP contribution in [-0.2, 0) is 69.9 Å². The average molecular weight is 1230 g/mol. The first-order chi connectivity index (χ1) is 39.0. The summed E-state index contributed by atoms with van der Waals surface area (Å²) in [6.45, 7) is 1.59. The summed E-state index contributed by atoms with van der Waals surface area (Å²) in [6.07, 6.45) is 25.5. The molecule has 468 valence electrons. The van der Waals surface area contributed by atoms with Gasteiger partial charge in [0.2, 0.25) is 7.57 Å². The summed E-state index contributed by atoms with van der Waals surface area (Å²) in [7, 11) is -13.7. The van der Waals surface area contributed by atoms with E-state index in [0.717, 1.165) is 62.1 Å². The molecule has 2 rings (SSSR count). The molecule has 1 fully saturated rings. The first-order valence-electron chi connectivity index (χ1n) is 29.1. The molecule has 0 spiro atoms. The average Bonchev–Trinajstić information content (AvgIpc) is 3.83. The van der Waals surface area contributed by atoms with Crippen LogP contribution in [0.15, 0.2) is 20.9 Å². The van der Waals surface area contributed by atoms with Crippen molar-refractivity contribution in [2.75, 3.05) is 33.0 Å². The van der Waals surface area contributed by atoms with Gasteiger partial charge in [0, 0.05) is 35.9 Å². The van der Waals surface area contributed by atoms with Crippen molar-refractivity contribution in [1.29, 1.82) is 0 Å². The smallest absolute Gasteiger partial charge is 0.444 e. The molecule has 1 aliphatic rings. The van der Waals surface area contributed by atoms with E-state index in [1.807, 2.05) is 4.98 Å². The molecule has 1 saturated heterocycles. The fraction of sp³-hybridized carbons (Fsp3) is 0.846. The van der Waals surface area contributed by atoms with Crippen LogP contribution in [0.25, 0.3) is 10.4 Å². The first kappa shape index (κ1) is 74.3. The van der Waals surface area contributed by atoms with E-state index in [2.05, 4.69) is 32.7 Å². The third kappa shape index (κ3) is 30.9. The number of nitrogens with zero attached hydrogens (tertiary/aromatic N) is 4. The molecular formula is C52H89BF2N5O19P3. The van der Waals surface area contributed by atoms with Crippen molar-refractivity contribution in [3.8, 4) is 0 Å². The van der Waals surface area contributed by atoms with Crippen molar-refractivity contribution >= 4 is 54.1 Å². The number of hydrogen-bond donors (Lipinski definition) is 3. The molecule has 3 N–H and O–H groups in total. The zero-order valence-corrected chi connectivity index (χ0v) is 50.8. The van der Waals surface area contributed by atoms with Crippen molar-refractivity contribution in [3.63, 3.8) is 0 Å². The Kier molecular flexibility index (Phi) is 37.5. The van der Waals surface area contributed by atoms with Gasteiger partial charge >= 0.3 is 50.2 Å². The van der Waals surface area contributed by atoms with Gasteiger partial charge in [0.1, 0.15) is 26.0 Å². The number of H-pyrrole nitrogens is 1. The lowest BCUT2D eigenvalue weighted by molar-refractivity contribution is -0.167. The largest absolute Gasteiger partial charge is 0.463 e. The maximum absolute atomic E-state index is 15.1. The summed E-state index contributed by atoms with van der Waals surface area (Å²) in [5, 5.41) is -2.26. The minimum absolute atomic E-state index is 0.0919. The maximum atomic E-state index is 15.1. The van der Waals surface area contributed by atoms with Crippen LogP contribution < -0.4 is 11.2 Å². The Hall–Kier alpha value is -3.76. The highest BCUT2D eigenvalue weighted by atomic mass is 31.3. The van der Waals surface area contributed by atoms with Crippen LogP contribution in [0, 0.1) is 6.92 Å². The number of alkyl halides is 2. The molecule has 1 aliphatic heterocycles. The van der Waals surface area contributed by atoms with E-state index in [-0.39, 0.29) is 31.4 Å². The van der Waals surface area contributed by atoms with Gasteiger partial charge < -0.3 is 42.5 Å². The standard InChI is InChI=1S/C52H89BF2N5O19P3/c1-4-6-8-10-12-14-16-18-20-22-24-26-28-30-46(61)73-38-42(77-49(64)31-29-27-25-23-21-19-17-15-13-11-9-7-5-2)39-74-48(63)33-32-47(62)72-34-35-75-80(67,68)52(54,55)81(69,70)79-82(53,71)76-40-44-43(58-59-56)36-45(78-44)60-37-41(3)50(65)57-51(60)66/h37,42-45H,4-36,38-40H2,1-3H3,(H,67,68)(H,69,70)(H,57,65,66)/t42?,43-,44-,45-,82?/m1/s1. The summed E-state index contributed by atoms with van der Waals surface area (Å²) in [5.74, 6) is -3.17. The molecule has 2 radical (unpaired) electrons. The molecule has 24 nitrogen and oxygen atoms in total. The Labute approximate surface area is 481 Å². The van der Waals surface area contributed by atoms with Crippen molar-refractivity contribution < 1.29 is 88.5 Å². The fourth-order valence-corrected chi connectivity index (χ4v) is 13.1. The van der Waals surface area contributed by atoms with Crippen molar-refractivity contribution in [1.82, 2.24) is 9.55 Å². The van der Waals surface area contributed by atoms with Gasteiger partial charge in [0.15, 0.2) is 6.10 Å². The predicted molar refractivity (Wildman–Crippen MR) is 301 cm³/mol. The number of ether oxygens (including phenoxy) is 5. The van der Waals surface area contributed by atoms with Crippen molar-refractivity contribution in [2.45, 2.75) is 250 Å². The van der Waals surface area contributed by atoms with Gasteiger partial charge in [-0.25, -0.2) is 9.11 Å². The molecule has 30 heteroatoms. The lowest BCUT2D eigenvalue weighted by Crippen LogP contribution is -2.33. The number of nitrogens with one attached hydrogen (secondary N) is 1. The monoisotopic (exact) mass is 1230 g/mol. The topological polar surface area (TPSA) is 337 Å². The molecule has 1 aromatic rings. The van der Waals surface area contributed by atoms with Crippen LogP contribution >= 0.6 is 22.7 Å². The van der Waals surface area contributed by atoms with Gasteiger partial charge in [0.25, 0.3) is 13.0 Å². The lowest BCUT2D eigenvalue weighted by atomic mass is 10.0. The predicted octanol–water partition coefficient (Wildman–Crippen LogP) is 12.3. The Bertz CT molecular complexity index is 2380. The van der Waals surface area contributed by atoms with Crippen LogP contribution in [0.4, 0.5) is 8.78 Å². The number of halogens is 2. The SMILES string of the molecule is [B]P(=O)(OC[C@H]1O[C@@H](n2cc(C)c(=O)[nH]c2=O)C[C@H]1N=[N+]=[N-])OP(=O)(O)C(F)(F)P(=O)(O)OCCOC(=O)CCC(=O)OCC(COC(=O)CCCCCCCCCCCCCCC)OC(=O)CCCCCCCCCCCCCCC. The number of hydrogen-bond acceptors (Lipinski definition) is 18. The Morgan fingerprint density at radius 3 is 1.62 bits per heavy atom. The molecule has 0 amide bonds. The van der Waals surface area contributed by atoms with Crippen LogP contribution in [-0.4, -0.2) is 107 Å². The normalized spacial score (nSPS) is 17.9. The summed E-state index contributed by atoms with van der Waals surface area (Å²) < 4.78 is 109. The van der Waals surface area contributed by atoms with E-state index < -0.39 is 127 Å². The summed E-state index contributed by atoms with van der Waals surface area (Å²) in [6, 6.07) is -1.20. The number of esters is 4. The van der Waals surface area contributed by atoms with E-state index in [9.17, 15) is 52.2 Å². The van der Waals surface area contributed by atoms with Crippen molar-refractivity contribution in [2.24, 2.45) is 5.11 Å². The van der Waals surface area contributed by atoms with Gasteiger partial charge in [-0.05, 0) is 25.3 Å². The van der Waals surface area contributed by atoms with Gasteiger partial charge in [0.05, 0.1) is 38.2 Å². The van der Waals surface area contributed by atoms with Gasteiger partial charge in [-0.3, -0.25) is 47.2 Å². The number of carbonyl (C=O) groups is 4. The van der Waals surface area contributed by atoms with E-state index in [4.69, 9.17) is 41.3 Å². The Morgan fingerprint density at radius 2 is 1.15 bits per heavy atom. The lowest BCUT2D eigenvalue weighted by Gasteiger charge is -2.28. The zero-order chi connectivity index (χ0) is 60.9. The molecule has 0 aliphatic carbocycles. The third-order valence-corrected chi connectivity index (χ3v) is 19.2.